The highest BCUT2D eigenvalue weighted by Crippen LogP contribution is 2.23. The zero-order valence-electron chi connectivity index (χ0n) is 8.81. The van der Waals surface area contributed by atoms with E-state index in [0.29, 0.717) is 0 Å². The second-order valence-electron chi connectivity index (χ2n) is 3.85. The van der Waals surface area contributed by atoms with Crippen molar-refractivity contribution in [1.29, 1.82) is 0 Å². The number of carboxylic acids is 1. The first-order chi connectivity index (χ1) is 7.20. The van der Waals surface area contributed by atoms with Gasteiger partial charge in [-0.15, -0.1) is 0 Å². The lowest BCUT2D eigenvalue weighted by atomic mass is 10.1. The number of aromatic nitrogens is 2. The van der Waals surface area contributed by atoms with Gasteiger partial charge in [0, 0.05) is 20.1 Å². The van der Waals surface area contributed by atoms with Crippen LogP contribution in [-0.4, -0.2) is 33.9 Å². The van der Waals surface area contributed by atoms with Crippen LogP contribution in [-0.2, 0) is 7.05 Å². The molecule has 15 heavy (non-hydrogen) atoms. The van der Waals surface area contributed by atoms with E-state index in [2.05, 4.69) is 10.00 Å². The topological polar surface area (TPSA) is 58.4 Å². The first kappa shape index (κ1) is 10.0. The third-order valence-corrected chi connectivity index (χ3v) is 2.82. The molecular formula is C10H15N3O2. The minimum absolute atomic E-state index is 0.289. The smallest absolute Gasteiger partial charge is 0.356 e. The van der Waals surface area contributed by atoms with E-state index >= 15 is 0 Å². The summed E-state index contributed by atoms with van der Waals surface area (Å²) in [6.45, 7) is 1.87. The van der Waals surface area contributed by atoms with Crippen LogP contribution in [0.1, 0.15) is 29.8 Å². The minimum atomic E-state index is -0.907. The van der Waals surface area contributed by atoms with Crippen LogP contribution in [0.2, 0.25) is 0 Å². The third-order valence-electron chi connectivity index (χ3n) is 2.82. The van der Waals surface area contributed by atoms with Gasteiger partial charge in [0.15, 0.2) is 5.69 Å². The van der Waals surface area contributed by atoms with E-state index in [0.717, 1.165) is 31.6 Å². The Bertz CT molecular complexity index is 367. The molecule has 82 valence electrons. The summed E-state index contributed by atoms with van der Waals surface area (Å²) < 4.78 is 1.42. The summed E-state index contributed by atoms with van der Waals surface area (Å²) in [5.41, 5.74) is 1.04. The average Bonchev–Trinajstić information content (AvgIpc) is 2.61. The van der Waals surface area contributed by atoms with Gasteiger partial charge in [-0.1, -0.05) is 0 Å². The molecule has 5 heteroatoms. The van der Waals surface area contributed by atoms with E-state index < -0.39 is 5.97 Å². The molecule has 1 aliphatic heterocycles. The lowest BCUT2D eigenvalue weighted by Gasteiger charge is -2.27. The Hall–Kier alpha value is -1.52. The predicted molar refractivity (Wildman–Crippen MR) is 56.2 cm³/mol. The molecule has 0 unspecified atom stereocenters. The maximum Gasteiger partial charge on any atom is 0.356 e. The normalized spacial score (nSPS) is 16.7. The minimum Gasteiger partial charge on any atom is -0.476 e. The number of aryl methyl sites for hydroxylation is 1. The van der Waals surface area contributed by atoms with E-state index in [1.807, 2.05) is 0 Å². The van der Waals surface area contributed by atoms with Crippen molar-refractivity contribution in [2.24, 2.45) is 7.05 Å². The molecule has 0 aromatic carbocycles. The van der Waals surface area contributed by atoms with E-state index in [9.17, 15) is 4.79 Å². The Morgan fingerprint density at radius 3 is 2.67 bits per heavy atom. The molecule has 0 amide bonds. The number of aromatic carboxylic acids is 1. The van der Waals surface area contributed by atoms with Crippen molar-refractivity contribution in [3.63, 3.8) is 0 Å². The summed E-state index contributed by atoms with van der Waals surface area (Å²) in [6.07, 6.45) is 5.15. The Morgan fingerprint density at radius 1 is 1.40 bits per heavy atom. The largest absolute Gasteiger partial charge is 0.476 e. The van der Waals surface area contributed by atoms with Gasteiger partial charge in [-0.05, 0) is 19.3 Å². The Kier molecular flexibility index (Phi) is 2.62. The zero-order chi connectivity index (χ0) is 10.8. The molecule has 1 fully saturated rings. The van der Waals surface area contributed by atoms with Crippen molar-refractivity contribution in [2.45, 2.75) is 19.3 Å². The first-order valence-electron chi connectivity index (χ1n) is 5.20. The summed E-state index contributed by atoms with van der Waals surface area (Å²) in [5, 5.41) is 13.1. The number of hydrogen-bond acceptors (Lipinski definition) is 3. The number of nitrogens with zero attached hydrogens (tertiary/aromatic N) is 3. The van der Waals surface area contributed by atoms with Crippen molar-refractivity contribution in [3.05, 3.63) is 11.9 Å². The predicted octanol–water partition coefficient (Wildman–Crippen LogP) is 1.11. The highest BCUT2D eigenvalue weighted by atomic mass is 16.4. The number of anilines is 1. The first-order valence-corrected chi connectivity index (χ1v) is 5.20. The number of piperidine rings is 1. The molecule has 5 nitrogen and oxygen atoms in total. The molecule has 2 rings (SSSR count). The average molecular weight is 209 g/mol. The van der Waals surface area contributed by atoms with Crippen LogP contribution in [0, 0.1) is 0 Å². The van der Waals surface area contributed by atoms with Gasteiger partial charge in [0.25, 0.3) is 0 Å². The van der Waals surface area contributed by atoms with E-state index in [4.69, 9.17) is 5.11 Å². The summed E-state index contributed by atoms with van der Waals surface area (Å²) >= 11 is 0. The number of rotatable bonds is 2. The maximum atomic E-state index is 11.1. The van der Waals surface area contributed by atoms with E-state index in [1.165, 1.54) is 11.1 Å². The highest BCUT2D eigenvalue weighted by Gasteiger charge is 2.21. The number of carboxylic acid groups (broad SMARTS) is 1. The molecule has 0 saturated carbocycles. The molecule has 0 spiro atoms. The molecule has 1 saturated heterocycles. The van der Waals surface area contributed by atoms with Crippen molar-refractivity contribution >= 4 is 11.7 Å². The van der Waals surface area contributed by atoms with Crippen LogP contribution in [0.4, 0.5) is 5.69 Å². The van der Waals surface area contributed by atoms with E-state index in [1.54, 1.807) is 13.2 Å². The molecule has 1 N–H and O–H groups in total. The lowest BCUT2D eigenvalue weighted by molar-refractivity contribution is 0.0685. The molecule has 0 radical (unpaired) electrons. The van der Waals surface area contributed by atoms with Crippen LogP contribution in [0.25, 0.3) is 0 Å². The molecule has 0 aliphatic carbocycles. The monoisotopic (exact) mass is 209 g/mol. The lowest BCUT2D eigenvalue weighted by Crippen LogP contribution is -2.30. The molecule has 2 heterocycles. The van der Waals surface area contributed by atoms with E-state index in [-0.39, 0.29) is 5.69 Å². The standard InChI is InChI=1S/C10H15N3O2/c1-12-9(10(14)15)8(7-11-12)13-5-3-2-4-6-13/h7H,2-6H2,1H3,(H,14,15). The quantitative estimate of drug-likeness (QED) is 0.792. The summed E-state index contributed by atoms with van der Waals surface area (Å²) in [5.74, 6) is -0.907. The summed E-state index contributed by atoms with van der Waals surface area (Å²) in [6, 6.07) is 0. The van der Waals surface area contributed by atoms with Crippen molar-refractivity contribution in [2.75, 3.05) is 18.0 Å². The second kappa shape index (κ2) is 3.92. The fourth-order valence-electron chi connectivity index (χ4n) is 2.04. The van der Waals surface area contributed by atoms with Gasteiger partial charge >= 0.3 is 5.97 Å². The van der Waals surface area contributed by atoms with Gasteiger partial charge in [-0.25, -0.2) is 4.79 Å². The summed E-state index contributed by atoms with van der Waals surface area (Å²) in [7, 11) is 1.66. The molecule has 0 atom stereocenters. The van der Waals surface area contributed by atoms with Crippen LogP contribution >= 0.6 is 0 Å². The van der Waals surface area contributed by atoms with Gasteiger partial charge in [0.2, 0.25) is 0 Å². The second-order valence-corrected chi connectivity index (χ2v) is 3.85. The maximum absolute atomic E-state index is 11.1. The van der Waals surface area contributed by atoms with Crippen LogP contribution < -0.4 is 4.90 Å². The summed E-state index contributed by atoms with van der Waals surface area (Å²) in [4.78, 5) is 13.2. The molecule has 1 aromatic heterocycles. The van der Waals surface area contributed by atoms with Gasteiger partial charge in [-0.2, -0.15) is 5.10 Å². The third kappa shape index (κ3) is 1.82. The highest BCUT2D eigenvalue weighted by molar-refractivity contribution is 5.92. The Labute approximate surface area is 88.3 Å². The van der Waals surface area contributed by atoms with Gasteiger partial charge < -0.3 is 10.0 Å². The molecule has 1 aromatic rings. The number of carbonyl (C=O) groups is 1. The van der Waals surface area contributed by atoms with Crippen molar-refractivity contribution < 1.29 is 9.90 Å². The molecular weight excluding hydrogens is 194 g/mol. The van der Waals surface area contributed by atoms with Gasteiger partial charge in [-0.3, -0.25) is 4.68 Å². The Balaban J connectivity index is 2.30. The van der Waals surface area contributed by atoms with Crippen molar-refractivity contribution in [3.8, 4) is 0 Å². The fraction of sp³-hybridized carbons (Fsp3) is 0.600. The van der Waals surface area contributed by atoms with Gasteiger partial charge in [0.05, 0.1) is 11.9 Å². The van der Waals surface area contributed by atoms with Crippen molar-refractivity contribution in [1.82, 2.24) is 9.78 Å². The van der Waals surface area contributed by atoms with Crippen LogP contribution in [0.5, 0.6) is 0 Å². The van der Waals surface area contributed by atoms with Crippen LogP contribution in [0.3, 0.4) is 0 Å². The fourth-order valence-corrected chi connectivity index (χ4v) is 2.04. The zero-order valence-corrected chi connectivity index (χ0v) is 8.81. The van der Waals surface area contributed by atoms with Crippen LogP contribution in [0.15, 0.2) is 6.20 Å². The van der Waals surface area contributed by atoms with Gasteiger partial charge in [0.1, 0.15) is 0 Å². The number of hydrogen-bond donors (Lipinski definition) is 1. The SMILES string of the molecule is Cn1ncc(N2CCCCC2)c1C(=O)O. The molecule has 0 bridgehead atoms. The molecule has 1 aliphatic rings. The Morgan fingerprint density at radius 2 is 2.07 bits per heavy atom.